The molecule has 2 N–H and O–H groups in total. The molecular formula is C14H23N3O2S. The number of nitrogens with zero attached hydrogens (tertiary/aromatic N) is 2. The van der Waals surface area contributed by atoms with Gasteiger partial charge in [0.25, 0.3) is 0 Å². The topological polar surface area (TPSA) is 66.6 Å². The first-order chi connectivity index (χ1) is 9.38. The lowest BCUT2D eigenvalue weighted by atomic mass is 10.1. The zero-order chi connectivity index (χ0) is 14.8. The summed E-state index contributed by atoms with van der Waals surface area (Å²) in [4.78, 5) is 2.23. The molecule has 0 radical (unpaired) electrons. The Morgan fingerprint density at radius 1 is 1.35 bits per heavy atom. The predicted octanol–water partition coefficient (Wildman–Crippen LogP) is 1.12. The predicted molar refractivity (Wildman–Crippen MR) is 81.8 cm³/mol. The van der Waals surface area contributed by atoms with Gasteiger partial charge in [0.15, 0.2) is 0 Å². The third kappa shape index (κ3) is 3.71. The van der Waals surface area contributed by atoms with E-state index in [4.69, 9.17) is 5.73 Å². The molecule has 0 aromatic heterocycles. The van der Waals surface area contributed by atoms with Gasteiger partial charge in [0.05, 0.1) is 5.75 Å². The summed E-state index contributed by atoms with van der Waals surface area (Å²) in [6.45, 7) is 1.89. The lowest BCUT2D eigenvalue weighted by Gasteiger charge is -2.34. The molecule has 0 spiro atoms. The van der Waals surface area contributed by atoms with Crippen LogP contribution in [-0.4, -0.2) is 50.8 Å². The fraction of sp³-hybridized carbons (Fsp3) is 0.571. The molecule has 0 bridgehead atoms. The van der Waals surface area contributed by atoms with Crippen LogP contribution in [0.1, 0.15) is 18.4 Å². The fourth-order valence-electron chi connectivity index (χ4n) is 2.58. The van der Waals surface area contributed by atoms with Crippen molar-refractivity contribution in [2.24, 2.45) is 0 Å². The van der Waals surface area contributed by atoms with Crippen LogP contribution >= 0.6 is 0 Å². The van der Waals surface area contributed by atoms with Crippen LogP contribution in [0, 0.1) is 0 Å². The van der Waals surface area contributed by atoms with Crippen molar-refractivity contribution in [3.05, 3.63) is 29.8 Å². The summed E-state index contributed by atoms with van der Waals surface area (Å²) < 4.78 is 26.5. The number of piperidine rings is 1. The van der Waals surface area contributed by atoms with Crippen molar-refractivity contribution in [1.29, 1.82) is 0 Å². The molecule has 0 saturated carbocycles. The number of sulfonamides is 1. The number of anilines is 1. The van der Waals surface area contributed by atoms with Crippen LogP contribution < -0.4 is 5.73 Å². The molecule has 1 aliphatic rings. The van der Waals surface area contributed by atoms with Crippen LogP contribution in [-0.2, 0) is 15.8 Å². The third-order valence-corrected chi connectivity index (χ3v) is 5.82. The van der Waals surface area contributed by atoms with Gasteiger partial charge in [-0.2, -0.15) is 0 Å². The lowest BCUT2D eigenvalue weighted by Crippen LogP contribution is -2.44. The number of nitrogens with two attached hydrogens (primary N) is 1. The van der Waals surface area contributed by atoms with Crippen LogP contribution in [0.15, 0.2) is 24.3 Å². The summed E-state index contributed by atoms with van der Waals surface area (Å²) in [7, 11) is 0.471. The van der Waals surface area contributed by atoms with E-state index in [1.165, 1.54) is 0 Å². The molecule has 1 heterocycles. The van der Waals surface area contributed by atoms with E-state index in [2.05, 4.69) is 11.9 Å². The molecule has 0 atom stereocenters. The molecule has 1 fully saturated rings. The smallest absolute Gasteiger partial charge is 0.218 e. The van der Waals surface area contributed by atoms with Gasteiger partial charge >= 0.3 is 0 Å². The van der Waals surface area contributed by atoms with Gasteiger partial charge in [-0.05, 0) is 50.7 Å². The van der Waals surface area contributed by atoms with E-state index >= 15 is 0 Å². The van der Waals surface area contributed by atoms with Gasteiger partial charge in [-0.1, -0.05) is 12.1 Å². The second kappa shape index (κ2) is 6.11. The average Bonchev–Trinajstić information content (AvgIpc) is 2.38. The Bertz CT molecular complexity index is 551. The second-order valence-electron chi connectivity index (χ2n) is 5.55. The lowest BCUT2D eigenvalue weighted by molar-refractivity contribution is 0.197. The fourth-order valence-corrected chi connectivity index (χ4v) is 4.05. The average molecular weight is 297 g/mol. The van der Waals surface area contributed by atoms with Gasteiger partial charge in [-0.3, -0.25) is 0 Å². The molecule has 1 aromatic carbocycles. The highest BCUT2D eigenvalue weighted by Gasteiger charge is 2.28. The van der Waals surface area contributed by atoms with Gasteiger partial charge < -0.3 is 10.6 Å². The van der Waals surface area contributed by atoms with Crippen molar-refractivity contribution >= 4 is 15.7 Å². The number of benzene rings is 1. The maximum atomic E-state index is 12.5. The van der Waals surface area contributed by atoms with E-state index < -0.39 is 10.0 Å². The Morgan fingerprint density at radius 2 is 2.00 bits per heavy atom. The van der Waals surface area contributed by atoms with Gasteiger partial charge in [-0.25, -0.2) is 12.7 Å². The molecule has 6 heteroatoms. The SMILES string of the molecule is CN1CCC(N(C)S(=O)(=O)Cc2cccc(N)c2)CC1. The minimum absolute atomic E-state index is 0.0148. The zero-order valence-corrected chi connectivity index (χ0v) is 12.9. The molecule has 112 valence electrons. The van der Waals surface area contributed by atoms with Gasteiger partial charge in [0.2, 0.25) is 10.0 Å². The van der Waals surface area contributed by atoms with Gasteiger partial charge in [0, 0.05) is 18.8 Å². The van der Waals surface area contributed by atoms with E-state index in [0.717, 1.165) is 31.5 Å². The van der Waals surface area contributed by atoms with Crippen LogP contribution in [0.5, 0.6) is 0 Å². The Balaban J connectivity index is 2.06. The van der Waals surface area contributed by atoms with Crippen LogP contribution in [0.25, 0.3) is 0 Å². The Hall–Kier alpha value is -1.11. The van der Waals surface area contributed by atoms with Crippen molar-refractivity contribution in [2.45, 2.75) is 24.6 Å². The van der Waals surface area contributed by atoms with E-state index in [-0.39, 0.29) is 11.8 Å². The highest BCUT2D eigenvalue weighted by molar-refractivity contribution is 7.88. The van der Waals surface area contributed by atoms with Crippen molar-refractivity contribution in [2.75, 3.05) is 32.9 Å². The highest BCUT2D eigenvalue weighted by atomic mass is 32.2. The molecule has 0 unspecified atom stereocenters. The number of hydrogen-bond acceptors (Lipinski definition) is 4. The molecule has 1 aliphatic heterocycles. The molecule has 1 aromatic rings. The van der Waals surface area contributed by atoms with Crippen molar-refractivity contribution < 1.29 is 8.42 Å². The quantitative estimate of drug-likeness (QED) is 0.846. The molecule has 0 amide bonds. The molecule has 0 aliphatic carbocycles. The summed E-state index contributed by atoms with van der Waals surface area (Å²) in [6, 6.07) is 7.18. The van der Waals surface area contributed by atoms with E-state index in [1.807, 2.05) is 0 Å². The number of rotatable bonds is 4. The van der Waals surface area contributed by atoms with E-state index in [9.17, 15) is 8.42 Å². The molecule has 2 rings (SSSR count). The summed E-state index contributed by atoms with van der Waals surface area (Å²) in [5.74, 6) is 0.0148. The van der Waals surface area contributed by atoms with Crippen LogP contribution in [0.3, 0.4) is 0 Å². The standard InChI is InChI=1S/C14H23N3O2S/c1-16-8-6-14(7-9-16)17(2)20(18,19)11-12-4-3-5-13(15)10-12/h3-5,10,14H,6-9,11,15H2,1-2H3. The highest BCUT2D eigenvalue weighted by Crippen LogP contribution is 2.20. The van der Waals surface area contributed by atoms with Crippen molar-refractivity contribution in [3.8, 4) is 0 Å². The third-order valence-electron chi connectivity index (χ3n) is 3.94. The molecule has 1 saturated heterocycles. The Kier molecular flexibility index (Phi) is 4.67. The van der Waals surface area contributed by atoms with E-state index in [0.29, 0.717) is 5.69 Å². The number of likely N-dealkylation sites (tertiary alicyclic amines) is 1. The van der Waals surface area contributed by atoms with Gasteiger partial charge in [-0.15, -0.1) is 0 Å². The monoisotopic (exact) mass is 297 g/mol. The largest absolute Gasteiger partial charge is 0.399 e. The first-order valence-electron chi connectivity index (χ1n) is 6.87. The van der Waals surface area contributed by atoms with Crippen molar-refractivity contribution in [1.82, 2.24) is 9.21 Å². The summed E-state index contributed by atoms with van der Waals surface area (Å²) >= 11 is 0. The molecule has 20 heavy (non-hydrogen) atoms. The first kappa shape index (κ1) is 15.3. The van der Waals surface area contributed by atoms with E-state index in [1.54, 1.807) is 35.6 Å². The second-order valence-corrected chi connectivity index (χ2v) is 7.58. The van der Waals surface area contributed by atoms with Crippen LogP contribution in [0.4, 0.5) is 5.69 Å². The van der Waals surface area contributed by atoms with Gasteiger partial charge in [0.1, 0.15) is 0 Å². The Labute approximate surface area is 121 Å². The Morgan fingerprint density at radius 3 is 2.60 bits per heavy atom. The summed E-state index contributed by atoms with van der Waals surface area (Å²) in [6.07, 6.45) is 1.78. The first-order valence-corrected chi connectivity index (χ1v) is 8.48. The maximum Gasteiger partial charge on any atom is 0.218 e. The minimum Gasteiger partial charge on any atom is -0.399 e. The number of hydrogen-bond donors (Lipinski definition) is 1. The summed E-state index contributed by atoms with van der Waals surface area (Å²) in [5, 5.41) is 0. The molecular weight excluding hydrogens is 274 g/mol. The minimum atomic E-state index is -3.29. The molecule has 5 nitrogen and oxygen atoms in total. The normalized spacial score (nSPS) is 18.6. The van der Waals surface area contributed by atoms with Crippen molar-refractivity contribution in [3.63, 3.8) is 0 Å². The van der Waals surface area contributed by atoms with Crippen LogP contribution in [0.2, 0.25) is 0 Å². The summed E-state index contributed by atoms with van der Waals surface area (Å²) in [5.41, 5.74) is 7.04. The zero-order valence-electron chi connectivity index (χ0n) is 12.1. The maximum absolute atomic E-state index is 12.5. The number of nitrogen functional groups attached to an aromatic ring is 1.